The summed E-state index contributed by atoms with van der Waals surface area (Å²) in [7, 11) is 1.87. The highest BCUT2D eigenvalue weighted by Crippen LogP contribution is 2.18. The second-order valence-electron chi connectivity index (χ2n) is 4.71. The van der Waals surface area contributed by atoms with Gasteiger partial charge in [0.2, 0.25) is 5.91 Å². The lowest BCUT2D eigenvalue weighted by Crippen LogP contribution is -2.30. The van der Waals surface area contributed by atoms with E-state index in [4.69, 9.17) is 0 Å². The van der Waals surface area contributed by atoms with Gasteiger partial charge >= 0.3 is 0 Å². The topological polar surface area (TPSA) is 59.0 Å². The average molecular weight is 236 g/mol. The fourth-order valence-electron chi connectivity index (χ4n) is 2.17. The Hall–Kier alpha value is -1.36. The van der Waals surface area contributed by atoms with E-state index in [-0.39, 0.29) is 5.91 Å². The Labute approximate surface area is 102 Å². The molecule has 0 aromatic carbocycles. The summed E-state index contributed by atoms with van der Waals surface area (Å²) in [6.07, 6.45) is 4.52. The van der Waals surface area contributed by atoms with Crippen LogP contribution < -0.4 is 10.6 Å². The Bertz CT molecular complexity index is 393. The van der Waals surface area contributed by atoms with Crippen LogP contribution in [0.4, 0.5) is 5.69 Å². The molecule has 0 aliphatic carbocycles. The van der Waals surface area contributed by atoms with Gasteiger partial charge in [0, 0.05) is 13.5 Å². The zero-order valence-electron chi connectivity index (χ0n) is 10.5. The molecule has 1 aromatic heterocycles. The van der Waals surface area contributed by atoms with E-state index in [0.717, 1.165) is 37.3 Å². The van der Waals surface area contributed by atoms with Crippen LogP contribution >= 0.6 is 0 Å². The Morgan fingerprint density at radius 1 is 1.59 bits per heavy atom. The summed E-state index contributed by atoms with van der Waals surface area (Å²) in [6.45, 7) is 4.01. The van der Waals surface area contributed by atoms with Gasteiger partial charge in [-0.2, -0.15) is 5.10 Å². The number of carbonyl (C=O) groups is 1. The molecule has 0 spiro atoms. The number of anilines is 1. The first-order valence-electron chi connectivity index (χ1n) is 6.16. The summed E-state index contributed by atoms with van der Waals surface area (Å²) in [4.78, 5) is 11.9. The summed E-state index contributed by atoms with van der Waals surface area (Å²) >= 11 is 0. The van der Waals surface area contributed by atoms with Crippen LogP contribution in [0.5, 0.6) is 0 Å². The molecule has 1 saturated heterocycles. The van der Waals surface area contributed by atoms with E-state index in [9.17, 15) is 4.79 Å². The van der Waals surface area contributed by atoms with Gasteiger partial charge in [0.05, 0.1) is 17.6 Å². The van der Waals surface area contributed by atoms with Gasteiger partial charge < -0.3 is 10.6 Å². The number of carbonyl (C=O) groups excluding carboxylic acids is 1. The van der Waals surface area contributed by atoms with Crippen molar-refractivity contribution in [1.82, 2.24) is 15.1 Å². The predicted octanol–water partition coefficient (Wildman–Crippen LogP) is 1.06. The quantitative estimate of drug-likeness (QED) is 0.825. The van der Waals surface area contributed by atoms with Gasteiger partial charge in [0.1, 0.15) is 0 Å². The first kappa shape index (κ1) is 12.1. The molecule has 0 atom stereocenters. The highest BCUT2D eigenvalue weighted by atomic mass is 16.1. The summed E-state index contributed by atoms with van der Waals surface area (Å²) in [5, 5.41) is 10.3. The monoisotopic (exact) mass is 236 g/mol. The number of aryl methyl sites for hydroxylation is 1. The van der Waals surface area contributed by atoms with Crippen LogP contribution in [0, 0.1) is 12.8 Å². The zero-order valence-corrected chi connectivity index (χ0v) is 10.5. The van der Waals surface area contributed by atoms with Gasteiger partial charge in [-0.25, -0.2) is 0 Å². The minimum atomic E-state index is 0.105. The number of hydrogen-bond acceptors (Lipinski definition) is 3. The largest absolute Gasteiger partial charge is 0.323 e. The molecule has 1 aliphatic heterocycles. The van der Waals surface area contributed by atoms with Crippen molar-refractivity contribution in [3.8, 4) is 0 Å². The van der Waals surface area contributed by atoms with E-state index in [2.05, 4.69) is 15.7 Å². The summed E-state index contributed by atoms with van der Waals surface area (Å²) < 4.78 is 1.76. The molecule has 5 nitrogen and oxygen atoms in total. The third-order valence-corrected chi connectivity index (χ3v) is 3.44. The van der Waals surface area contributed by atoms with Crippen LogP contribution in [0.15, 0.2) is 6.20 Å². The molecule has 17 heavy (non-hydrogen) atoms. The fourth-order valence-corrected chi connectivity index (χ4v) is 2.17. The van der Waals surface area contributed by atoms with Crippen molar-refractivity contribution in [2.45, 2.75) is 26.2 Å². The van der Waals surface area contributed by atoms with Crippen LogP contribution in [0.2, 0.25) is 0 Å². The lowest BCUT2D eigenvalue weighted by atomic mass is 9.94. The summed E-state index contributed by atoms with van der Waals surface area (Å²) in [5.74, 6) is 0.626. The molecule has 0 unspecified atom stereocenters. The Morgan fingerprint density at radius 2 is 2.29 bits per heavy atom. The molecule has 2 N–H and O–H groups in total. The molecule has 1 aromatic rings. The van der Waals surface area contributed by atoms with E-state index in [1.165, 1.54) is 0 Å². The van der Waals surface area contributed by atoms with Gasteiger partial charge in [0.15, 0.2) is 0 Å². The van der Waals surface area contributed by atoms with E-state index in [1.54, 1.807) is 10.9 Å². The maximum absolute atomic E-state index is 11.9. The Kier molecular flexibility index (Phi) is 3.78. The first-order valence-corrected chi connectivity index (χ1v) is 6.16. The van der Waals surface area contributed by atoms with E-state index >= 15 is 0 Å². The van der Waals surface area contributed by atoms with Gasteiger partial charge in [-0.1, -0.05) is 0 Å². The predicted molar refractivity (Wildman–Crippen MR) is 66.8 cm³/mol. The highest BCUT2D eigenvalue weighted by molar-refractivity contribution is 5.91. The number of hydrogen-bond donors (Lipinski definition) is 2. The number of piperidine rings is 1. The van der Waals surface area contributed by atoms with Crippen molar-refractivity contribution < 1.29 is 4.79 Å². The number of nitrogens with one attached hydrogen (secondary N) is 2. The number of rotatable bonds is 3. The molecule has 0 radical (unpaired) electrons. The fraction of sp³-hybridized carbons (Fsp3) is 0.667. The smallest absolute Gasteiger partial charge is 0.224 e. The Balaban J connectivity index is 1.86. The molecule has 1 aliphatic rings. The Morgan fingerprint density at radius 3 is 2.88 bits per heavy atom. The molecule has 1 fully saturated rings. The number of nitrogens with zero attached hydrogens (tertiary/aromatic N) is 2. The van der Waals surface area contributed by atoms with Gasteiger partial charge in [-0.05, 0) is 38.8 Å². The van der Waals surface area contributed by atoms with E-state index in [1.807, 2.05) is 14.0 Å². The molecule has 0 bridgehead atoms. The van der Waals surface area contributed by atoms with Crippen molar-refractivity contribution in [1.29, 1.82) is 0 Å². The maximum atomic E-state index is 11.9. The van der Waals surface area contributed by atoms with Gasteiger partial charge in [-0.15, -0.1) is 0 Å². The summed E-state index contributed by atoms with van der Waals surface area (Å²) in [5.41, 5.74) is 1.81. The summed E-state index contributed by atoms with van der Waals surface area (Å²) in [6, 6.07) is 0. The second kappa shape index (κ2) is 5.31. The third kappa shape index (κ3) is 3.06. The molecule has 2 rings (SSSR count). The van der Waals surface area contributed by atoms with E-state index < -0.39 is 0 Å². The molecule has 1 amide bonds. The normalized spacial score (nSPS) is 17.1. The highest BCUT2D eigenvalue weighted by Gasteiger charge is 2.17. The lowest BCUT2D eigenvalue weighted by Gasteiger charge is -2.21. The van der Waals surface area contributed by atoms with Gasteiger partial charge in [0.25, 0.3) is 0 Å². The van der Waals surface area contributed by atoms with Crippen molar-refractivity contribution in [3.05, 3.63) is 11.9 Å². The van der Waals surface area contributed by atoms with Crippen LogP contribution in [0.1, 0.15) is 25.0 Å². The molecule has 5 heteroatoms. The van der Waals surface area contributed by atoms with Crippen molar-refractivity contribution in [3.63, 3.8) is 0 Å². The average Bonchev–Trinajstić information content (AvgIpc) is 2.62. The number of aromatic nitrogens is 2. The SMILES string of the molecule is Cc1c(NC(=O)CC2CCNCC2)cnn1C. The minimum Gasteiger partial charge on any atom is -0.323 e. The van der Waals surface area contributed by atoms with E-state index in [0.29, 0.717) is 12.3 Å². The van der Waals surface area contributed by atoms with Crippen LogP contribution in [0.25, 0.3) is 0 Å². The first-order chi connectivity index (χ1) is 8.16. The van der Waals surface area contributed by atoms with Crippen molar-refractivity contribution >= 4 is 11.6 Å². The maximum Gasteiger partial charge on any atom is 0.224 e. The molecule has 0 saturated carbocycles. The second-order valence-corrected chi connectivity index (χ2v) is 4.71. The molecular formula is C12H20N4O. The van der Waals surface area contributed by atoms with Crippen LogP contribution in [-0.4, -0.2) is 28.8 Å². The third-order valence-electron chi connectivity index (χ3n) is 3.44. The molecular weight excluding hydrogens is 216 g/mol. The molecule has 94 valence electrons. The number of amides is 1. The van der Waals surface area contributed by atoms with Gasteiger partial charge in [-0.3, -0.25) is 9.48 Å². The lowest BCUT2D eigenvalue weighted by molar-refractivity contribution is -0.117. The van der Waals surface area contributed by atoms with Crippen LogP contribution in [-0.2, 0) is 11.8 Å². The minimum absolute atomic E-state index is 0.105. The van der Waals surface area contributed by atoms with Crippen molar-refractivity contribution in [2.24, 2.45) is 13.0 Å². The van der Waals surface area contributed by atoms with Crippen molar-refractivity contribution in [2.75, 3.05) is 18.4 Å². The standard InChI is InChI=1S/C12H20N4O/c1-9-11(8-14-16(9)2)15-12(17)7-10-3-5-13-6-4-10/h8,10,13H,3-7H2,1-2H3,(H,15,17). The zero-order chi connectivity index (χ0) is 12.3. The van der Waals surface area contributed by atoms with Crippen LogP contribution in [0.3, 0.4) is 0 Å². The molecule has 2 heterocycles.